The molecular weight excluding hydrogens is 394 g/mol. The van der Waals surface area contributed by atoms with E-state index in [0.717, 1.165) is 19.3 Å². The minimum Gasteiger partial charge on any atom is -0.348 e. The topological polar surface area (TPSA) is 110 Å². The molecule has 154 valence electrons. The average molecular weight is 417 g/mol. The number of para-hydroxylation sites is 1. The summed E-state index contributed by atoms with van der Waals surface area (Å²) in [6.45, 7) is 2.79. The number of hydrogen-bond donors (Lipinski definition) is 1. The van der Waals surface area contributed by atoms with Crippen molar-refractivity contribution < 1.29 is 18.1 Å². The van der Waals surface area contributed by atoms with Crippen LogP contribution in [-0.4, -0.2) is 36.6 Å². The number of carbonyl (C=O) groups excluding carboxylic acids is 1. The fraction of sp³-hybridized carbons (Fsp3) is 0.350. The van der Waals surface area contributed by atoms with E-state index in [1.807, 2.05) is 0 Å². The van der Waals surface area contributed by atoms with E-state index in [-0.39, 0.29) is 22.7 Å². The Bertz CT molecular complexity index is 1010. The first-order chi connectivity index (χ1) is 13.8. The Morgan fingerprint density at radius 2 is 1.76 bits per heavy atom. The Hall–Kier alpha value is -2.78. The molecule has 1 amide bonds. The van der Waals surface area contributed by atoms with Crippen LogP contribution >= 0.6 is 0 Å². The quantitative estimate of drug-likeness (QED) is 0.574. The van der Waals surface area contributed by atoms with Gasteiger partial charge in [-0.2, -0.15) is 4.31 Å². The molecule has 0 bridgehead atoms. The van der Waals surface area contributed by atoms with E-state index in [4.69, 9.17) is 0 Å². The van der Waals surface area contributed by atoms with Gasteiger partial charge in [-0.3, -0.25) is 14.9 Å². The van der Waals surface area contributed by atoms with Crippen molar-refractivity contribution in [2.75, 3.05) is 13.1 Å². The summed E-state index contributed by atoms with van der Waals surface area (Å²) in [4.78, 5) is 23.3. The first-order valence-corrected chi connectivity index (χ1v) is 10.9. The highest BCUT2D eigenvalue weighted by atomic mass is 32.2. The Morgan fingerprint density at radius 3 is 2.38 bits per heavy atom. The molecule has 1 saturated heterocycles. The van der Waals surface area contributed by atoms with Gasteiger partial charge in [-0.05, 0) is 43.5 Å². The van der Waals surface area contributed by atoms with Gasteiger partial charge in [0.15, 0.2) is 0 Å². The number of benzene rings is 2. The third kappa shape index (κ3) is 4.63. The average Bonchev–Trinajstić information content (AvgIpc) is 2.72. The van der Waals surface area contributed by atoms with Gasteiger partial charge in [-0.1, -0.05) is 30.7 Å². The maximum absolute atomic E-state index is 12.7. The third-order valence-electron chi connectivity index (χ3n) is 4.99. The predicted molar refractivity (Wildman–Crippen MR) is 108 cm³/mol. The Labute approximate surface area is 169 Å². The number of nitro groups is 1. The van der Waals surface area contributed by atoms with E-state index >= 15 is 0 Å². The first-order valence-electron chi connectivity index (χ1n) is 9.42. The normalized spacial score (nSPS) is 15.1. The van der Waals surface area contributed by atoms with Crippen LogP contribution in [0.3, 0.4) is 0 Å². The van der Waals surface area contributed by atoms with E-state index in [1.165, 1.54) is 22.5 Å². The van der Waals surface area contributed by atoms with Crippen molar-refractivity contribution in [3.8, 4) is 0 Å². The van der Waals surface area contributed by atoms with Gasteiger partial charge < -0.3 is 5.32 Å². The number of piperidine rings is 1. The lowest BCUT2D eigenvalue weighted by Crippen LogP contribution is -2.35. The third-order valence-corrected chi connectivity index (χ3v) is 6.91. The number of amides is 1. The SMILES string of the molecule is Cc1cccc(C(=O)NCc2ccc(S(=O)(=O)N3CCCCC3)cc2)c1[N+](=O)[O-]. The zero-order valence-electron chi connectivity index (χ0n) is 16.1. The zero-order valence-corrected chi connectivity index (χ0v) is 16.9. The van der Waals surface area contributed by atoms with E-state index < -0.39 is 20.9 Å². The summed E-state index contributed by atoms with van der Waals surface area (Å²) in [5, 5.41) is 13.9. The smallest absolute Gasteiger partial charge is 0.285 e. The number of carbonyl (C=O) groups is 1. The van der Waals surface area contributed by atoms with E-state index in [9.17, 15) is 23.3 Å². The van der Waals surface area contributed by atoms with Gasteiger partial charge in [0.2, 0.25) is 10.0 Å². The maximum Gasteiger partial charge on any atom is 0.285 e. The van der Waals surface area contributed by atoms with Crippen LogP contribution in [0, 0.1) is 17.0 Å². The molecule has 3 rings (SSSR count). The molecule has 9 heteroatoms. The Balaban J connectivity index is 1.69. The maximum atomic E-state index is 12.7. The number of hydrogen-bond acceptors (Lipinski definition) is 5. The van der Waals surface area contributed by atoms with Crippen LogP contribution in [0.2, 0.25) is 0 Å². The fourth-order valence-electron chi connectivity index (χ4n) is 3.40. The van der Waals surface area contributed by atoms with Crippen LogP contribution in [0.1, 0.15) is 40.7 Å². The monoisotopic (exact) mass is 417 g/mol. The van der Waals surface area contributed by atoms with Crippen LogP contribution in [0.5, 0.6) is 0 Å². The Morgan fingerprint density at radius 1 is 1.10 bits per heavy atom. The second-order valence-corrected chi connectivity index (χ2v) is 8.96. The summed E-state index contributed by atoms with van der Waals surface area (Å²) in [5.74, 6) is -0.551. The molecule has 0 saturated carbocycles. The van der Waals surface area contributed by atoms with Crippen LogP contribution in [-0.2, 0) is 16.6 Å². The molecule has 0 aromatic heterocycles. The van der Waals surface area contributed by atoms with Crippen molar-refractivity contribution >= 4 is 21.6 Å². The molecule has 0 aliphatic carbocycles. The van der Waals surface area contributed by atoms with Crippen molar-refractivity contribution in [2.24, 2.45) is 0 Å². The van der Waals surface area contributed by atoms with Gasteiger partial charge in [-0.15, -0.1) is 0 Å². The van der Waals surface area contributed by atoms with Crippen molar-refractivity contribution in [1.82, 2.24) is 9.62 Å². The highest BCUT2D eigenvalue weighted by Crippen LogP contribution is 2.23. The first kappa shape index (κ1) is 20.9. The van der Waals surface area contributed by atoms with Gasteiger partial charge in [-0.25, -0.2) is 8.42 Å². The molecule has 0 atom stereocenters. The molecule has 29 heavy (non-hydrogen) atoms. The zero-order chi connectivity index (χ0) is 21.0. The van der Waals surface area contributed by atoms with Gasteiger partial charge in [0, 0.05) is 25.2 Å². The summed E-state index contributed by atoms with van der Waals surface area (Å²) < 4.78 is 26.9. The highest BCUT2D eigenvalue weighted by molar-refractivity contribution is 7.89. The minimum absolute atomic E-state index is 0.000651. The summed E-state index contributed by atoms with van der Waals surface area (Å²) in [7, 11) is -3.50. The molecule has 1 aliphatic rings. The number of sulfonamides is 1. The van der Waals surface area contributed by atoms with Gasteiger partial charge in [0.25, 0.3) is 11.6 Å². The largest absolute Gasteiger partial charge is 0.348 e. The van der Waals surface area contributed by atoms with Crippen molar-refractivity contribution in [3.05, 3.63) is 69.3 Å². The molecule has 0 unspecified atom stereocenters. The lowest BCUT2D eigenvalue weighted by Gasteiger charge is -2.25. The highest BCUT2D eigenvalue weighted by Gasteiger charge is 2.26. The van der Waals surface area contributed by atoms with E-state index in [0.29, 0.717) is 24.2 Å². The number of rotatable bonds is 6. The lowest BCUT2D eigenvalue weighted by molar-refractivity contribution is -0.385. The van der Waals surface area contributed by atoms with E-state index in [2.05, 4.69) is 5.32 Å². The molecular formula is C20H23N3O5S. The lowest BCUT2D eigenvalue weighted by atomic mass is 10.1. The number of nitrogens with one attached hydrogen (secondary N) is 1. The molecule has 2 aromatic carbocycles. The van der Waals surface area contributed by atoms with Crippen molar-refractivity contribution in [2.45, 2.75) is 37.6 Å². The molecule has 1 aliphatic heterocycles. The van der Waals surface area contributed by atoms with Crippen LogP contribution in [0.25, 0.3) is 0 Å². The van der Waals surface area contributed by atoms with Crippen LogP contribution < -0.4 is 5.32 Å². The van der Waals surface area contributed by atoms with Crippen LogP contribution in [0.4, 0.5) is 5.69 Å². The number of aryl methyl sites for hydroxylation is 1. The standard InChI is InChI=1S/C20H23N3O5S/c1-15-6-5-7-18(19(15)23(25)26)20(24)21-14-16-8-10-17(11-9-16)29(27,28)22-12-3-2-4-13-22/h5-11H,2-4,12-14H2,1H3,(H,21,24). The molecule has 2 aromatic rings. The molecule has 0 spiro atoms. The fourth-order valence-corrected chi connectivity index (χ4v) is 4.91. The number of nitrogens with zero attached hydrogens (tertiary/aromatic N) is 2. The molecule has 1 N–H and O–H groups in total. The van der Waals surface area contributed by atoms with Crippen LogP contribution in [0.15, 0.2) is 47.4 Å². The van der Waals surface area contributed by atoms with Crippen molar-refractivity contribution in [3.63, 3.8) is 0 Å². The second kappa shape index (κ2) is 8.71. The molecule has 0 radical (unpaired) electrons. The van der Waals surface area contributed by atoms with Crippen molar-refractivity contribution in [1.29, 1.82) is 0 Å². The van der Waals surface area contributed by atoms with Gasteiger partial charge >= 0.3 is 0 Å². The minimum atomic E-state index is -3.50. The summed E-state index contributed by atoms with van der Waals surface area (Å²) in [6.07, 6.45) is 2.78. The van der Waals surface area contributed by atoms with Gasteiger partial charge in [0.1, 0.15) is 5.56 Å². The molecule has 1 fully saturated rings. The van der Waals surface area contributed by atoms with Gasteiger partial charge in [0.05, 0.1) is 9.82 Å². The molecule has 1 heterocycles. The summed E-state index contributed by atoms with van der Waals surface area (Å²) >= 11 is 0. The number of nitro benzene ring substituents is 1. The predicted octanol–water partition coefficient (Wildman–Crippen LogP) is 3.01. The van der Waals surface area contributed by atoms with E-state index in [1.54, 1.807) is 31.2 Å². The summed E-state index contributed by atoms with van der Waals surface area (Å²) in [5.41, 5.74) is 0.897. The summed E-state index contributed by atoms with van der Waals surface area (Å²) in [6, 6.07) is 10.9. The Kier molecular flexibility index (Phi) is 6.29. The molecule has 8 nitrogen and oxygen atoms in total. The second-order valence-electron chi connectivity index (χ2n) is 7.02.